The largest absolute Gasteiger partial charge is 0.497 e. The highest BCUT2D eigenvalue weighted by atomic mass is 16.6. The van der Waals surface area contributed by atoms with Crippen molar-refractivity contribution >= 4 is 16.6 Å². The van der Waals surface area contributed by atoms with Gasteiger partial charge in [0.15, 0.2) is 0 Å². The van der Waals surface area contributed by atoms with Gasteiger partial charge in [0, 0.05) is 28.6 Å². The van der Waals surface area contributed by atoms with Crippen molar-refractivity contribution in [3.05, 3.63) is 63.9 Å². The second-order valence-electron chi connectivity index (χ2n) is 7.09. The first-order valence-corrected chi connectivity index (χ1v) is 9.29. The molecule has 0 fully saturated rings. The molecule has 0 radical (unpaired) electrons. The van der Waals surface area contributed by atoms with E-state index in [1.165, 1.54) is 0 Å². The highest BCUT2D eigenvalue weighted by Gasteiger charge is 2.31. The molecule has 3 aromatic rings. The minimum atomic E-state index is -0.127. The van der Waals surface area contributed by atoms with Gasteiger partial charge in [-0.3, -0.25) is 4.79 Å². The lowest BCUT2D eigenvalue weighted by atomic mass is 10.0. The number of ether oxygens (including phenoxy) is 1. The van der Waals surface area contributed by atoms with Crippen LogP contribution < -0.4 is 10.3 Å². The Bertz CT molecular complexity index is 1120. The van der Waals surface area contributed by atoms with Crippen LogP contribution in [0.5, 0.6) is 5.75 Å². The zero-order valence-electron chi connectivity index (χ0n) is 16.3. The number of aromatic nitrogens is 1. The van der Waals surface area contributed by atoms with E-state index in [0.29, 0.717) is 23.6 Å². The van der Waals surface area contributed by atoms with Gasteiger partial charge in [0.25, 0.3) is 5.56 Å². The number of nitrogens with zero attached hydrogens (tertiary/aromatic N) is 2. The number of hydrogen-bond acceptors (Lipinski definition) is 5. The molecule has 0 spiro atoms. The summed E-state index contributed by atoms with van der Waals surface area (Å²) < 4.78 is 5.39. The molecule has 0 atom stereocenters. The maximum atomic E-state index is 12.9. The Morgan fingerprint density at radius 3 is 2.68 bits per heavy atom. The third kappa shape index (κ3) is 3.16. The number of pyridine rings is 1. The summed E-state index contributed by atoms with van der Waals surface area (Å²) in [4.78, 5) is 23.6. The van der Waals surface area contributed by atoms with Crippen molar-refractivity contribution in [2.45, 2.75) is 6.42 Å². The van der Waals surface area contributed by atoms with E-state index in [9.17, 15) is 4.79 Å². The summed E-state index contributed by atoms with van der Waals surface area (Å²) in [6, 6.07) is 13.4. The molecule has 2 aromatic carbocycles. The SMILES string of the molecule is COc1ccc2c(c1)/C(=N\OCCCN(C)C)c1c-2c(=O)[nH]c2ccccc12. The van der Waals surface area contributed by atoms with Gasteiger partial charge < -0.3 is 19.5 Å². The predicted octanol–water partition coefficient (Wildman–Crippen LogP) is 3.24. The van der Waals surface area contributed by atoms with Gasteiger partial charge in [-0.25, -0.2) is 0 Å². The number of oxime groups is 1. The van der Waals surface area contributed by atoms with Crippen molar-refractivity contribution in [3.8, 4) is 16.9 Å². The number of H-pyrrole nitrogens is 1. The number of nitrogens with one attached hydrogen (secondary N) is 1. The third-order valence-electron chi connectivity index (χ3n) is 4.91. The standard InChI is InChI=1S/C22H23N3O3/c1-25(2)11-6-12-28-24-21-17-13-14(27-3)9-10-15(17)20-19(21)16-7-4-5-8-18(16)23-22(20)26/h4-5,7-10,13H,6,11-12H2,1-3H3,(H,23,26)/b24-21+. The molecule has 0 saturated carbocycles. The molecular weight excluding hydrogens is 354 g/mol. The molecule has 1 N–H and O–H groups in total. The minimum absolute atomic E-state index is 0.127. The molecule has 1 aromatic heterocycles. The van der Waals surface area contributed by atoms with Crippen molar-refractivity contribution < 1.29 is 9.57 Å². The fraction of sp³-hybridized carbons (Fsp3) is 0.273. The maximum absolute atomic E-state index is 12.9. The molecule has 1 aliphatic carbocycles. The lowest BCUT2D eigenvalue weighted by Gasteiger charge is -2.09. The number of benzene rings is 2. The van der Waals surface area contributed by atoms with Crippen molar-refractivity contribution in [2.24, 2.45) is 5.16 Å². The second-order valence-corrected chi connectivity index (χ2v) is 7.09. The second kappa shape index (κ2) is 7.48. The Labute approximate surface area is 163 Å². The summed E-state index contributed by atoms with van der Waals surface area (Å²) in [5.41, 5.74) is 4.48. The molecule has 4 rings (SSSR count). The van der Waals surface area contributed by atoms with Crippen molar-refractivity contribution in [1.29, 1.82) is 0 Å². The van der Waals surface area contributed by atoms with Crippen LogP contribution in [-0.2, 0) is 4.84 Å². The molecule has 6 nitrogen and oxygen atoms in total. The monoisotopic (exact) mass is 377 g/mol. The number of aromatic amines is 1. The van der Waals surface area contributed by atoms with Crippen LogP contribution in [0.25, 0.3) is 22.0 Å². The Kier molecular flexibility index (Phi) is 4.88. The highest BCUT2D eigenvalue weighted by Crippen LogP contribution is 2.39. The quantitative estimate of drug-likeness (QED) is 0.414. The van der Waals surface area contributed by atoms with Crippen LogP contribution in [-0.4, -0.2) is 50.0 Å². The topological polar surface area (TPSA) is 66.9 Å². The number of rotatable bonds is 6. The predicted molar refractivity (Wildman–Crippen MR) is 111 cm³/mol. The van der Waals surface area contributed by atoms with Crippen molar-refractivity contribution in [1.82, 2.24) is 9.88 Å². The molecule has 1 heterocycles. The summed E-state index contributed by atoms with van der Waals surface area (Å²) in [5.74, 6) is 0.715. The highest BCUT2D eigenvalue weighted by molar-refractivity contribution is 6.29. The first kappa shape index (κ1) is 18.3. The van der Waals surface area contributed by atoms with E-state index in [2.05, 4.69) is 15.0 Å². The molecule has 0 unspecified atom stereocenters. The van der Waals surface area contributed by atoms with Crippen LogP contribution in [0.1, 0.15) is 17.5 Å². The summed E-state index contributed by atoms with van der Waals surface area (Å²) in [6.45, 7) is 1.44. The summed E-state index contributed by atoms with van der Waals surface area (Å²) in [7, 11) is 5.68. The summed E-state index contributed by atoms with van der Waals surface area (Å²) >= 11 is 0. The van der Waals surface area contributed by atoms with Crippen molar-refractivity contribution in [3.63, 3.8) is 0 Å². The molecule has 0 bridgehead atoms. The van der Waals surface area contributed by atoms with Gasteiger partial charge in [0.1, 0.15) is 18.1 Å². The van der Waals surface area contributed by atoms with Crippen LogP contribution in [0.3, 0.4) is 0 Å². The van der Waals surface area contributed by atoms with E-state index in [4.69, 9.17) is 9.57 Å². The summed E-state index contributed by atoms with van der Waals surface area (Å²) in [6.07, 6.45) is 0.873. The van der Waals surface area contributed by atoms with E-state index in [-0.39, 0.29) is 5.56 Å². The van der Waals surface area contributed by atoms with Crippen molar-refractivity contribution in [2.75, 3.05) is 34.4 Å². The number of fused-ring (bicyclic) bond motifs is 5. The molecule has 144 valence electrons. The Hall–Kier alpha value is -3.12. The van der Waals surface area contributed by atoms with Crippen LogP contribution in [0.4, 0.5) is 0 Å². The molecule has 1 aliphatic rings. The Morgan fingerprint density at radius 2 is 1.89 bits per heavy atom. The van der Waals surface area contributed by atoms with E-state index < -0.39 is 0 Å². The fourth-order valence-electron chi connectivity index (χ4n) is 3.60. The Balaban J connectivity index is 1.85. The van der Waals surface area contributed by atoms with Gasteiger partial charge in [0.05, 0.1) is 12.7 Å². The average molecular weight is 377 g/mol. The van der Waals surface area contributed by atoms with Gasteiger partial charge in [-0.15, -0.1) is 0 Å². The van der Waals surface area contributed by atoms with Gasteiger partial charge in [-0.2, -0.15) is 0 Å². The zero-order valence-corrected chi connectivity index (χ0v) is 16.3. The lowest BCUT2D eigenvalue weighted by Crippen LogP contribution is -2.14. The first-order chi connectivity index (χ1) is 13.6. The minimum Gasteiger partial charge on any atom is -0.497 e. The molecule has 28 heavy (non-hydrogen) atoms. The third-order valence-corrected chi connectivity index (χ3v) is 4.91. The zero-order chi connectivity index (χ0) is 19.7. The van der Waals surface area contributed by atoms with Crippen LogP contribution in [0.2, 0.25) is 0 Å². The summed E-state index contributed by atoms with van der Waals surface area (Å²) in [5, 5.41) is 5.41. The average Bonchev–Trinajstić information content (AvgIpc) is 3.02. The van der Waals surface area contributed by atoms with Gasteiger partial charge in [-0.05, 0) is 50.3 Å². The van der Waals surface area contributed by atoms with Crippen LogP contribution in [0.15, 0.2) is 52.4 Å². The lowest BCUT2D eigenvalue weighted by molar-refractivity contribution is 0.135. The van der Waals surface area contributed by atoms with Gasteiger partial charge in [-0.1, -0.05) is 23.4 Å². The Morgan fingerprint density at radius 1 is 1.07 bits per heavy atom. The van der Waals surface area contributed by atoms with E-state index in [1.54, 1.807) is 7.11 Å². The van der Waals surface area contributed by atoms with E-state index >= 15 is 0 Å². The smallest absolute Gasteiger partial charge is 0.257 e. The molecule has 0 amide bonds. The number of methoxy groups -OCH3 is 1. The molecule has 0 aliphatic heterocycles. The van der Waals surface area contributed by atoms with E-state index in [0.717, 1.165) is 40.6 Å². The number of hydrogen-bond donors (Lipinski definition) is 1. The van der Waals surface area contributed by atoms with E-state index in [1.807, 2.05) is 56.6 Å². The fourth-order valence-corrected chi connectivity index (χ4v) is 3.60. The number of para-hydroxylation sites is 1. The van der Waals surface area contributed by atoms with Gasteiger partial charge >= 0.3 is 0 Å². The molecular formula is C22H23N3O3. The molecule has 0 saturated heterocycles. The molecule has 6 heteroatoms. The van der Waals surface area contributed by atoms with Gasteiger partial charge in [0.2, 0.25) is 0 Å². The normalized spacial score (nSPS) is 13.8. The van der Waals surface area contributed by atoms with Crippen LogP contribution in [0, 0.1) is 0 Å². The maximum Gasteiger partial charge on any atom is 0.257 e. The van der Waals surface area contributed by atoms with Crippen LogP contribution >= 0.6 is 0 Å². The first-order valence-electron chi connectivity index (χ1n) is 9.29.